The van der Waals surface area contributed by atoms with E-state index in [1.807, 2.05) is 26.0 Å². The van der Waals surface area contributed by atoms with Gasteiger partial charge in [-0.1, -0.05) is 24.3 Å². The predicted molar refractivity (Wildman–Crippen MR) is 246 cm³/mol. The highest BCUT2D eigenvalue weighted by atomic mass is 19.4. The lowest BCUT2D eigenvalue weighted by molar-refractivity contribution is -0.138. The van der Waals surface area contributed by atoms with Crippen molar-refractivity contribution in [3.8, 4) is 33.9 Å². The topological polar surface area (TPSA) is 35.6 Å². The molecule has 0 atom stereocenters. The highest BCUT2D eigenvalue weighted by molar-refractivity contribution is 6.22. The van der Waals surface area contributed by atoms with E-state index in [2.05, 4.69) is 0 Å². The molecular formula is C54H30F12N4. The molecule has 0 aliphatic carbocycles. The van der Waals surface area contributed by atoms with Crippen LogP contribution in [0.25, 0.3) is 99.0 Å². The molecule has 0 unspecified atom stereocenters. The number of fused-ring (bicyclic) bond motifs is 8. The molecule has 70 heavy (non-hydrogen) atoms. The third-order valence-electron chi connectivity index (χ3n) is 12.8. The summed E-state index contributed by atoms with van der Waals surface area (Å²) >= 11 is 0. The fraction of sp³-hybridized carbons (Fsp3) is 0.111. The summed E-state index contributed by atoms with van der Waals surface area (Å²) in [6, 6.07) is 29.6. The van der Waals surface area contributed by atoms with Gasteiger partial charge in [0.25, 0.3) is 0 Å². The summed E-state index contributed by atoms with van der Waals surface area (Å²) in [4.78, 5) is 9.61. The molecule has 0 radical (unpaired) electrons. The number of aromatic nitrogens is 4. The molecule has 4 aromatic heterocycles. The number of halogens is 12. The van der Waals surface area contributed by atoms with Crippen molar-refractivity contribution in [2.75, 3.05) is 0 Å². The summed E-state index contributed by atoms with van der Waals surface area (Å²) in [5.41, 5.74) is 1.21. The molecule has 4 nitrogen and oxygen atoms in total. The van der Waals surface area contributed by atoms with Gasteiger partial charge in [-0.15, -0.1) is 0 Å². The van der Waals surface area contributed by atoms with Gasteiger partial charge in [-0.25, -0.2) is 0 Å². The Balaban J connectivity index is 1.24. The molecule has 11 aromatic rings. The molecule has 4 heterocycles. The highest BCUT2D eigenvalue weighted by Gasteiger charge is 2.35. The number of benzene rings is 7. The van der Waals surface area contributed by atoms with Gasteiger partial charge in [0.1, 0.15) is 0 Å². The van der Waals surface area contributed by atoms with Crippen LogP contribution in [0.2, 0.25) is 0 Å². The van der Waals surface area contributed by atoms with Crippen molar-refractivity contribution >= 4 is 65.2 Å². The lowest BCUT2D eigenvalue weighted by Crippen LogP contribution is -2.04. The van der Waals surface area contributed by atoms with Gasteiger partial charge in [-0.2, -0.15) is 52.7 Å². The van der Waals surface area contributed by atoms with Crippen molar-refractivity contribution in [3.05, 3.63) is 179 Å². The third-order valence-corrected chi connectivity index (χ3v) is 12.8. The van der Waals surface area contributed by atoms with Crippen LogP contribution in [0.1, 0.15) is 33.4 Å². The predicted octanol–water partition coefficient (Wildman–Crippen LogP) is 17.0. The molecule has 0 aliphatic heterocycles. The quantitative estimate of drug-likeness (QED) is 0.130. The van der Waals surface area contributed by atoms with Crippen molar-refractivity contribution in [1.82, 2.24) is 19.1 Å². The Kier molecular flexibility index (Phi) is 9.76. The second kappa shape index (κ2) is 15.3. The van der Waals surface area contributed by atoms with E-state index < -0.39 is 47.0 Å². The fourth-order valence-corrected chi connectivity index (χ4v) is 9.57. The maximum Gasteiger partial charge on any atom is 0.416 e. The van der Waals surface area contributed by atoms with Crippen LogP contribution in [0.4, 0.5) is 52.7 Å². The SMILES string of the molecule is Cc1ccc(-c2c3ccc(-n4c5ccc(C(F)(F)F)cc5c5cc(C(F)(F)F)ccc54)cc3c(-c3ccc(C)cn3)c3ccc(-n4c5ccc(C(F)(F)F)cc5c5cc(C(F)(F)F)ccc54)cc23)nc1. The van der Waals surface area contributed by atoms with Crippen molar-refractivity contribution in [1.29, 1.82) is 0 Å². The van der Waals surface area contributed by atoms with E-state index in [0.29, 0.717) is 55.4 Å². The van der Waals surface area contributed by atoms with Crippen molar-refractivity contribution < 1.29 is 52.7 Å². The van der Waals surface area contributed by atoms with E-state index in [1.165, 1.54) is 24.3 Å². The van der Waals surface area contributed by atoms with Crippen LogP contribution in [-0.2, 0) is 24.7 Å². The molecule has 0 saturated carbocycles. The van der Waals surface area contributed by atoms with Gasteiger partial charge in [-0.05, 0) is 156 Å². The zero-order valence-corrected chi connectivity index (χ0v) is 36.2. The summed E-state index contributed by atoms with van der Waals surface area (Å²) in [7, 11) is 0. The van der Waals surface area contributed by atoms with Gasteiger partial charge >= 0.3 is 24.7 Å². The molecule has 0 saturated heterocycles. The van der Waals surface area contributed by atoms with Crippen LogP contribution in [-0.4, -0.2) is 19.1 Å². The Morgan fingerprint density at radius 2 is 0.614 bits per heavy atom. The number of aryl methyl sites for hydroxylation is 2. The lowest BCUT2D eigenvalue weighted by Gasteiger charge is -2.20. The normalized spacial score (nSPS) is 13.0. The number of rotatable bonds is 4. The smallest absolute Gasteiger partial charge is 0.309 e. The second-order valence-electron chi connectivity index (χ2n) is 17.2. The van der Waals surface area contributed by atoms with Crippen LogP contribution in [0.3, 0.4) is 0 Å². The van der Waals surface area contributed by atoms with Gasteiger partial charge in [-0.3, -0.25) is 9.97 Å². The Hall–Kier alpha value is -7.88. The molecule has 16 heteroatoms. The fourth-order valence-electron chi connectivity index (χ4n) is 9.57. The van der Waals surface area contributed by atoms with Gasteiger partial charge in [0, 0.05) is 56.4 Å². The molecule has 0 bridgehead atoms. The minimum Gasteiger partial charge on any atom is -0.309 e. The number of hydrogen-bond donors (Lipinski definition) is 0. The van der Waals surface area contributed by atoms with Crippen molar-refractivity contribution in [2.45, 2.75) is 38.6 Å². The molecule has 0 amide bonds. The summed E-state index contributed by atoms with van der Waals surface area (Å²) in [6.07, 6.45) is -15.9. The van der Waals surface area contributed by atoms with E-state index in [4.69, 9.17) is 9.97 Å². The number of alkyl halides is 12. The Bertz CT molecular complexity index is 3550. The standard InChI is InChI=1S/C54H30F12N4/c1-27-3-13-43(67-25-27)49-35-11-9-34(70-47-17-7-31(53(61,62)63)21-39(47)40-22-32(54(64,65)66)8-18-48(40)70)24-42(35)50(44-14-4-28(2)26-68-44)36-12-10-33(23-41(36)49)69-45-15-5-29(51(55,56)57)19-37(45)38-20-30(52(58,59)60)6-16-46(38)69/h3-26H,1-2H3. The number of pyridine rings is 2. The minimum atomic E-state index is -4.79. The first-order chi connectivity index (χ1) is 33.0. The molecular weight excluding hydrogens is 933 g/mol. The van der Waals surface area contributed by atoms with E-state index >= 15 is 0 Å². The molecule has 7 aromatic carbocycles. The van der Waals surface area contributed by atoms with Gasteiger partial charge in [0.15, 0.2) is 0 Å². The number of nitrogens with zero attached hydrogens (tertiary/aromatic N) is 4. The van der Waals surface area contributed by atoms with Gasteiger partial charge < -0.3 is 9.13 Å². The van der Waals surface area contributed by atoms with Crippen LogP contribution in [0.5, 0.6) is 0 Å². The van der Waals surface area contributed by atoms with Crippen LogP contribution in [0, 0.1) is 13.8 Å². The molecule has 0 N–H and O–H groups in total. The van der Waals surface area contributed by atoms with Crippen LogP contribution in [0.15, 0.2) is 146 Å². The van der Waals surface area contributed by atoms with Gasteiger partial charge in [0.2, 0.25) is 0 Å². The average molecular weight is 963 g/mol. The van der Waals surface area contributed by atoms with Crippen LogP contribution < -0.4 is 0 Å². The first kappa shape index (κ1) is 44.6. The van der Waals surface area contributed by atoms with Crippen molar-refractivity contribution in [2.24, 2.45) is 0 Å². The Labute approximate surface area is 387 Å². The monoisotopic (exact) mass is 962 g/mol. The zero-order valence-electron chi connectivity index (χ0n) is 36.2. The first-order valence-electron chi connectivity index (χ1n) is 21.4. The minimum absolute atomic E-state index is 0.0543. The molecule has 0 aliphatic rings. The zero-order chi connectivity index (χ0) is 49.4. The second-order valence-corrected chi connectivity index (χ2v) is 17.2. The largest absolute Gasteiger partial charge is 0.416 e. The van der Waals surface area contributed by atoms with Crippen molar-refractivity contribution in [3.63, 3.8) is 0 Å². The average Bonchev–Trinajstić information content (AvgIpc) is 3.81. The van der Waals surface area contributed by atoms with Crippen LogP contribution >= 0.6 is 0 Å². The lowest BCUT2D eigenvalue weighted by atomic mass is 9.88. The van der Waals surface area contributed by atoms with E-state index in [9.17, 15) is 52.7 Å². The Morgan fingerprint density at radius 1 is 0.314 bits per heavy atom. The molecule has 350 valence electrons. The maximum atomic E-state index is 14.1. The van der Waals surface area contributed by atoms with E-state index in [-0.39, 0.29) is 43.6 Å². The maximum absolute atomic E-state index is 14.1. The first-order valence-corrected chi connectivity index (χ1v) is 21.4. The highest BCUT2D eigenvalue weighted by Crippen LogP contribution is 2.47. The molecule has 11 rings (SSSR count). The summed E-state index contributed by atoms with van der Waals surface area (Å²) in [6.45, 7) is 3.70. The van der Waals surface area contributed by atoms with Gasteiger partial charge in [0.05, 0.1) is 55.7 Å². The van der Waals surface area contributed by atoms with E-state index in [1.54, 1.807) is 70.1 Å². The number of hydrogen-bond acceptors (Lipinski definition) is 2. The molecule has 0 spiro atoms. The molecule has 0 fully saturated rings. The third kappa shape index (κ3) is 7.26. The Morgan fingerprint density at radius 3 is 0.871 bits per heavy atom. The summed E-state index contributed by atoms with van der Waals surface area (Å²) < 4.78 is 173. The summed E-state index contributed by atoms with van der Waals surface area (Å²) in [5, 5.41) is 2.10. The van der Waals surface area contributed by atoms with E-state index in [0.717, 1.165) is 59.7 Å². The summed E-state index contributed by atoms with van der Waals surface area (Å²) in [5.74, 6) is 0.